The number of anilines is 3. The van der Waals surface area contributed by atoms with Gasteiger partial charge in [-0.2, -0.15) is 0 Å². The molecule has 49 heavy (non-hydrogen) atoms. The van der Waals surface area contributed by atoms with E-state index < -0.39 is 12.4 Å². The minimum atomic E-state index is -0.713. The molecule has 0 aliphatic carbocycles. The van der Waals surface area contributed by atoms with Crippen LogP contribution in [0.1, 0.15) is 73.4 Å². The molecule has 5 unspecified atom stereocenters. The summed E-state index contributed by atoms with van der Waals surface area (Å²) in [7, 11) is 1.98. The number of nitrogen functional groups attached to an aromatic ring is 1. The molecule has 0 saturated carbocycles. The van der Waals surface area contributed by atoms with Crippen LogP contribution in [0.5, 0.6) is 0 Å². The fraction of sp³-hybridized carbons (Fsp3) is 0.333. The number of ether oxygens (including phenoxy) is 2. The molecule has 1 saturated heterocycles. The van der Waals surface area contributed by atoms with Crippen molar-refractivity contribution in [3.63, 3.8) is 0 Å². The van der Waals surface area contributed by atoms with Crippen molar-refractivity contribution in [2.75, 3.05) is 30.0 Å². The number of likely N-dealkylation sites (N-methyl/N-ethyl adjacent to an activating group) is 1. The average Bonchev–Trinajstić information content (AvgIpc) is 3.12. The van der Waals surface area contributed by atoms with Gasteiger partial charge in [-0.25, -0.2) is 0 Å². The van der Waals surface area contributed by atoms with Crippen molar-refractivity contribution < 1.29 is 29.3 Å². The molecule has 6 N–H and O–H groups in total. The van der Waals surface area contributed by atoms with E-state index in [0.29, 0.717) is 36.4 Å². The second kappa shape index (κ2) is 17.2. The molecule has 10 nitrogen and oxygen atoms in total. The summed E-state index contributed by atoms with van der Waals surface area (Å²) in [4.78, 5) is 27.3. The second-order valence-corrected chi connectivity index (χ2v) is 12.5. The van der Waals surface area contributed by atoms with E-state index in [9.17, 15) is 19.8 Å². The molecule has 0 bridgehead atoms. The Bertz CT molecular complexity index is 1670. The van der Waals surface area contributed by atoms with Crippen LogP contribution in [-0.2, 0) is 25.7 Å². The number of nitrogens with zero attached hydrogens (tertiary/aromatic N) is 1. The number of benzene rings is 4. The molecule has 0 radical (unpaired) electrons. The summed E-state index contributed by atoms with van der Waals surface area (Å²) in [6.07, 6.45) is -0.566. The number of amides is 2. The third-order valence-corrected chi connectivity index (χ3v) is 8.88. The van der Waals surface area contributed by atoms with Gasteiger partial charge in [0.2, 0.25) is 11.8 Å². The Labute approximate surface area is 287 Å². The lowest BCUT2D eigenvalue weighted by atomic mass is 9.98. The minimum absolute atomic E-state index is 0.0406. The highest BCUT2D eigenvalue weighted by Crippen LogP contribution is 2.39. The van der Waals surface area contributed by atoms with Gasteiger partial charge in [0.15, 0.2) is 6.29 Å². The maximum Gasteiger partial charge on any atom is 0.224 e. The van der Waals surface area contributed by atoms with Crippen molar-refractivity contribution in [1.29, 1.82) is 0 Å². The van der Waals surface area contributed by atoms with Crippen molar-refractivity contribution in [3.8, 4) is 0 Å². The third-order valence-electron chi connectivity index (χ3n) is 8.88. The summed E-state index contributed by atoms with van der Waals surface area (Å²) in [5.74, 6) is -0.411. The van der Waals surface area contributed by atoms with Gasteiger partial charge < -0.3 is 36.1 Å². The van der Waals surface area contributed by atoms with E-state index in [-0.39, 0.29) is 49.5 Å². The topological polar surface area (TPSA) is 146 Å². The van der Waals surface area contributed by atoms with Gasteiger partial charge in [0.05, 0.1) is 36.3 Å². The molecule has 2 amide bonds. The number of nitrogens with one attached hydrogen (secondary N) is 2. The van der Waals surface area contributed by atoms with Crippen LogP contribution < -0.4 is 16.4 Å². The SMILES string of the molecule is CC(C(O)c1ccccc1)N(C)CC1CC(c2ccc(CO)cc2)OC(c2cccc(NC(=O)CCCC(=O)Nc3ccccc3N)c2)O1. The number of hydrogen-bond donors (Lipinski definition) is 5. The van der Waals surface area contributed by atoms with E-state index in [0.717, 1.165) is 22.3 Å². The highest BCUT2D eigenvalue weighted by molar-refractivity contribution is 5.94. The van der Waals surface area contributed by atoms with Crippen LogP contribution in [0.3, 0.4) is 0 Å². The van der Waals surface area contributed by atoms with Gasteiger partial charge in [-0.15, -0.1) is 0 Å². The van der Waals surface area contributed by atoms with E-state index in [1.165, 1.54) is 0 Å². The maximum absolute atomic E-state index is 12.8. The number of nitrogens with two attached hydrogens (primary N) is 1. The Hall–Kier alpha value is -4.58. The van der Waals surface area contributed by atoms with Crippen molar-refractivity contribution in [2.45, 2.75) is 69.9 Å². The van der Waals surface area contributed by atoms with Gasteiger partial charge in [0.1, 0.15) is 0 Å². The molecule has 1 aliphatic heterocycles. The minimum Gasteiger partial charge on any atom is -0.397 e. The fourth-order valence-electron chi connectivity index (χ4n) is 5.91. The first-order chi connectivity index (χ1) is 23.7. The Morgan fingerprint density at radius 3 is 2.29 bits per heavy atom. The zero-order valence-electron chi connectivity index (χ0n) is 28.0. The Balaban J connectivity index is 1.23. The molecule has 4 aromatic rings. The standard InChI is InChI=1S/C39H46N4O6/c1-26(38(47)29-10-4-3-5-11-29)43(2)24-32-23-35(28-20-18-27(25-44)19-21-28)49-39(48-32)30-12-8-13-31(22-30)41-36(45)16-9-17-37(46)42-34-15-7-6-14-33(34)40/h3-8,10-15,18-22,26,32,35,38-39,44,47H,9,16-17,23-25,40H2,1-2H3,(H,41,45)(H,42,46). The molecule has 10 heteroatoms. The first-order valence-corrected chi connectivity index (χ1v) is 16.7. The number of hydrogen-bond acceptors (Lipinski definition) is 8. The van der Waals surface area contributed by atoms with Crippen molar-refractivity contribution in [1.82, 2.24) is 4.90 Å². The summed E-state index contributed by atoms with van der Waals surface area (Å²) >= 11 is 0. The van der Waals surface area contributed by atoms with Crippen LogP contribution >= 0.6 is 0 Å². The van der Waals surface area contributed by atoms with Gasteiger partial charge >= 0.3 is 0 Å². The van der Waals surface area contributed by atoms with Gasteiger partial charge in [0.25, 0.3) is 0 Å². The zero-order chi connectivity index (χ0) is 34.8. The number of para-hydroxylation sites is 2. The van der Waals surface area contributed by atoms with Crippen molar-refractivity contribution in [2.24, 2.45) is 0 Å². The van der Waals surface area contributed by atoms with E-state index in [1.54, 1.807) is 30.3 Å². The number of carbonyl (C=O) groups is 2. The van der Waals surface area contributed by atoms with Gasteiger partial charge in [0, 0.05) is 43.1 Å². The molecule has 0 aromatic heterocycles. The van der Waals surface area contributed by atoms with Gasteiger partial charge in [-0.05, 0) is 61.3 Å². The second-order valence-electron chi connectivity index (χ2n) is 12.5. The Morgan fingerprint density at radius 2 is 1.57 bits per heavy atom. The largest absolute Gasteiger partial charge is 0.397 e. The molecule has 0 spiro atoms. The maximum atomic E-state index is 12.8. The highest BCUT2D eigenvalue weighted by atomic mass is 16.7. The van der Waals surface area contributed by atoms with Crippen LogP contribution in [-0.4, -0.2) is 52.7 Å². The molecular formula is C39H46N4O6. The quantitative estimate of drug-likeness (QED) is 0.101. The number of aliphatic hydroxyl groups excluding tert-OH is 2. The van der Waals surface area contributed by atoms with Crippen molar-refractivity contribution in [3.05, 3.63) is 125 Å². The monoisotopic (exact) mass is 666 g/mol. The normalized spacial score (nSPS) is 18.8. The Morgan fingerprint density at radius 1 is 0.878 bits per heavy atom. The average molecular weight is 667 g/mol. The number of aliphatic hydroxyl groups is 2. The first-order valence-electron chi connectivity index (χ1n) is 16.7. The van der Waals surface area contributed by atoms with Crippen LogP contribution in [0.2, 0.25) is 0 Å². The first kappa shape index (κ1) is 35.7. The summed E-state index contributed by atoms with van der Waals surface area (Å²) in [5.41, 5.74) is 10.9. The number of carbonyl (C=O) groups excluding carboxylic acids is 2. The molecule has 1 fully saturated rings. The number of rotatable bonds is 14. The van der Waals surface area contributed by atoms with E-state index >= 15 is 0 Å². The van der Waals surface area contributed by atoms with E-state index in [2.05, 4.69) is 15.5 Å². The van der Waals surface area contributed by atoms with Crippen LogP contribution in [0, 0.1) is 0 Å². The van der Waals surface area contributed by atoms with Gasteiger partial charge in [-0.1, -0.05) is 78.9 Å². The van der Waals surface area contributed by atoms with Crippen LogP contribution in [0.15, 0.2) is 103 Å². The summed E-state index contributed by atoms with van der Waals surface area (Å²) in [5, 5.41) is 26.3. The summed E-state index contributed by atoms with van der Waals surface area (Å²) in [6.45, 7) is 2.51. The summed E-state index contributed by atoms with van der Waals surface area (Å²) < 4.78 is 13.0. The predicted molar refractivity (Wildman–Crippen MR) is 190 cm³/mol. The predicted octanol–water partition coefficient (Wildman–Crippen LogP) is 6.11. The summed E-state index contributed by atoms with van der Waals surface area (Å²) in [6, 6.07) is 31.6. The van der Waals surface area contributed by atoms with Crippen LogP contribution in [0.25, 0.3) is 0 Å². The molecule has 5 atom stereocenters. The van der Waals surface area contributed by atoms with E-state index in [1.807, 2.05) is 86.8 Å². The lowest BCUT2D eigenvalue weighted by Gasteiger charge is -2.39. The lowest BCUT2D eigenvalue weighted by molar-refractivity contribution is -0.253. The molecule has 4 aromatic carbocycles. The van der Waals surface area contributed by atoms with Gasteiger partial charge in [-0.3, -0.25) is 14.5 Å². The third kappa shape index (κ3) is 9.97. The van der Waals surface area contributed by atoms with Crippen LogP contribution in [0.4, 0.5) is 17.1 Å². The fourth-order valence-corrected chi connectivity index (χ4v) is 5.91. The lowest BCUT2D eigenvalue weighted by Crippen LogP contribution is -2.43. The molecular weight excluding hydrogens is 620 g/mol. The molecule has 5 rings (SSSR count). The molecule has 1 aliphatic rings. The highest BCUT2D eigenvalue weighted by Gasteiger charge is 2.34. The molecule has 1 heterocycles. The zero-order valence-corrected chi connectivity index (χ0v) is 28.0. The van der Waals surface area contributed by atoms with Crippen molar-refractivity contribution >= 4 is 28.9 Å². The van der Waals surface area contributed by atoms with E-state index in [4.69, 9.17) is 15.2 Å². The smallest absolute Gasteiger partial charge is 0.224 e. The Kier molecular flexibility index (Phi) is 12.5. The molecule has 258 valence electrons.